The molecule has 0 radical (unpaired) electrons. The summed E-state index contributed by atoms with van der Waals surface area (Å²) in [5.74, 6) is 3.75. The number of nitrogens with zero attached hydrogens (tertiary/aromatic N) is 1. The van der Waals surface area contributed by atoms with E-state index in [1.807, 2.05) is 0 Å². The Bertz CT molecular complexity index is 536. The maximum Gasteiger partial charge on any atom is 0.234 e. The first kappa shape index (κ1) is 6.94. The van der Waals surface area contributed by atoms with Gasteiger partial charge in [0.15, 0.2) is 0 Å². The summed E-state index contributed by atoms with van der Waals surface area (Å²) in [4.78, 5) is 11.8. The lowest BCUT2D eigenvalue weighted by molar-refractivity contribution is -0.618. The fourth-order valence-corrected chi connectivity index (χ4v) is 8.72. The van der Waals surface area contributed by atoms with Gasteiger partial charge in [-0.15, -0.1) is 0 Å². The van der Waals surface area contributed by atoms with E-state index in [4.69, 9.17) is 4.74 Å². The molecule has 4 nitrogen and oxygen atoms in total. The molecule has 8 fully saturated rings. The zero-order valence-electron chi connectivity index (χ0n) is 8.63. The van der Waals surface area contributed by atoms with E-state index >= 15 is 0 Å². The normalized spacial score (nSPS) is 89.1. The smallest absolute Gasteiger partial charge is 0.234 e. The van der Waals surface area contributed by atoms with E-state index in [1.165, 1.54) is 6.42 Å². The second-order valence-corrected chi connectivity index (χ2v) is 7.31. The number of ether oxygens (including phenoxy) is 1. The van der Waals surface area contributed by atoms with E-state index in [9.17, 15) is 10.1 Å². The predicted octanol–water partition coefficient (Wildman–Crippen LogP) is 0.685. The van der Waals surface area contributed by atoms with Crippen LogP contribution < -0.4 is 0 Å². The molecule has 0 aromatic rings. The molecule has 0 amide bonds. The van der Waals surface area contributed by atoms with Gasteiger partial charge in [0, 0.05) is 28.6 Å². The number of hydrogen-bond donors (Lipinski definition) is 0. The number of epoxide rings is 1. The molecule has 1 heterocycles. The van der Waals surface area contributed by atoms with Crippen molar-refractivity contribution >= 4 is 0 Å². The molecule has 4 bridgehead atoms. The van der Waals surface area contributed by atoms with E-state index < -0.39 is 5.54 Å². The highest BCUT2D eigenvalue weighted by Crippen LogP contribution is 3.02. The largest absolute Gasteiger partial charge is 0.361 e. The number of nitro groups is 1. The van der Waals surface area contributed by atoms with Gasteiger partial charge in [-0.25, -0.2) is 0 Å². The Morgan fingerprint density at radius 2 is 1.88 bits per heavy atom. The van der Waals surface area contributed by atoms with Crippen molar-refractivity contribution in [1.82, 2.24) is 0 Å². The van der Waals surface area contributed by atoms with Gasteiger partial charge in [0.25, 0.3) is 0 Å². The molecule has 0 aromatic heterocycles. The molecular weight excluding hydrogens is 206 g/mol. The minimum absolute atomic E-state index is 0.0452. The lowest BCUT2D eigenvalue weighted by atomic mass is 9.54. The van der Waals surface area contributed by atoms with E-state index in [2.05, 4.69) is 0 Å². The lowest BCUT2D eigenvalue weighted by Gasteiger charge is -2.47. The van der Waals surface area contributed by atoms with Gasteiger partial charge < -0.3 is 4.74 Å². The minimum atomic E-state index is -0.495. The highest BCUT2D eigenvalue weighted by molar-refractivity contribution is 5.57. The molecule has 0 N–H and O–H groups in total. The molecule has 10 atom stereocenters. The summed E-state index contributed by atoms with van der Waals surface area (Å²) in [6, 6.07) is 0. The van der Waals surface area contributed by atoms with Crippen LogP contribution in [-0.4, -0.2) is 21.7 Å². The molecule has 7 aliphatic carbocycles. The molecule has 0 aromatic carbocycles. The first-order valence-corrected chi connectivity index (χ1v) is 6.57. The lowest BCUT2D eigenvalue weighted by Crippen LogP contribution is -2.64. The van der Waals surface area contributed by atoms with Crippen LogP contribution in [0.3, 0.4) is 0 Å². The Morgan fingerprint density at radius 3 is 2.62 bits per heavy atom. The number of hydrogen-bond acceptors (Lipinski definition) is 3. The molecule has 7 saturated carbocycles. The van der Waals surface area contributed by atoms with Crippen LogP contribution in [-0.2, 0) is 4.74 Å². The van der Waals surface area contributed by atoms with Gasteiger partial charge in [0.2, 0.25) is 5.54 Å². The van der Waals surface area contributed by atoms with Gasteiger partial charge in [0.05, 0.1) is 5.92 Å². The zero-order chi connectivity index (χ0) is 10.2. The molecule has 4 heteroatoms. The summed E-state index contributed by atoms with van der Waals surface area (Å²) in [7, 11) is 0. The van der Waals surface area contributed by atoms with E-state index in [-0.39, 0.29) is 16.1 Å². The van der Waals surface area contributed by atoms with Crippen molar-refractivity contribution < 1.29 is 9.66 Å². The molecule has 8 rings (SSSR count). The first-order chi connectivity index (χ1) is 7.72. The summed E-state index contributed by atoms with van der Waals surface area (Å²) in [5, 5.41) is 11.6. The van der Waals surface area contributed by atoms with Crippen molar-refractivity contribution in [3.8, 4) is 0 Å². The average molecular weight is 217 g/mol. The third kappa shape index (κ3) is 0.261. The van der Waals surface area contributed by atoms with Crippen LogP contribution >= 0.6 is 0 Å². The maximum absolute atomic E-state index is 11.6. The van der Waals surface area contributed by atoms with Crippen molar-refractivity contribution in [3.63, 3.8) is 0 Å². The summed E-state index contributed by atoms with van der Waals surface area (Å²) in [5.41, 5.74) is -0.251. The third-order valence-electron chi connectivity index (χ3n) is 8.18. The van der Waals surface area contributed by atoms with E-state index in [0.717, 1.165) is 12.3 Å². The molecule has 2 spiro atoms. The monoisotopic (exact) mass is 217 g/mol. The predicted molar refractivity (Wildman–Crippen MR) is 49.9 cm³/mol. The van der Waals surface area contributed by atoms with Gasteiger partial charge in [-0.1, -0.05) is 0 Å². The van der Waals surface area contributed by atoms with Crippen molar-refractivity contribution in [3.05, 3.63) is 10.1 Å². The average Bonchev–Trinajstić information content (AvgIpc) is 2.41. The van der Waals surface area contributed by atoms with Crippen molar-refractivity contribution in [1.29, 1.82) is 0 Å². The molecule has 1 saturated heterocycles. The number of rotatable bonds is 1. The Kier molecular flexibility index (Phi) is 0.565. The van der Waals surface area contributed by atoms with Crippen LogP contribution in [0.15, 0.2) is 0 Å². The Hall–Kier alpha value is -0.640. The van der Waals surface area contributed by atoms with E-state index in [0.29, 0.717) is 35.5 Å². The summed E-state index contributed by atoms with van der Waals surface area (Å²) in [6.07, 6.45) is 2.40. The summed E-state index contributed by atoms with van der Waals surface area (Å²) in [6.45, 7) is 0. The Morgan fingerprint density at radius 1 is 1.12 bits per heavy atom. The standard InChI is InChI=1S/C12H11NO3/c14-13(15)10-6-2-5-9(10)7-3-1-4(8(7)10)12(6)11(3,5)16-12/h3-9H,1-2H2. The topological polar surface area (TPSA) is 55.7 Å². The zero-order valence-corrected chi connectivity index (χ0v) is 8.63. The van der Waals surface area contributed by atoms with Crippen LogP contribution in [0.25, 0.3) is 0 Å². The fraction of sp³-hybridized carbons (Fsp3) is 1.00. The van der Waals surface area contributed by atoms with Crippen LogP contribution in [0.2, 0.25) is 0 Å². The fourth-order valence-electron chi connectivity index (χ4n) is 8.72. The minimum Gasteiger partial charge on any atom is -0.361 e. The summed E-state index contributed by atoms with van der Waals surface area (Å²) >= 11 is 0. The van der Waals surface area contributed by atoms with Crippen molar-refractivity contribution in [2.45, 2.75) is 29.6 Å². The highest BCUT2D eigenvalue weighted by Gasteiger charge is 3.13. The second kappa shape index (κ2) is 1.30. The van der Waals surface area contributed by atoms with Crippen LogP contribution in [0.5, 0.6) is 0 Å². The van der Waals surface area contributed by atoms with Gasteiger partial charge in [-0.2, -0.15) is 0 Å². The van der Waals surface area contributed by atoms with Gasteiger partial charge in [0.1, 0.15) is 11.2 Å². The quantitative estimate of drug-likeness (QED) is 0.369. The molecule has 82 valence electrons. The van der Waals surface area contributed by atoms with Crippen LogP contribution in [0, 0.1) is 51.5 Å². The first-order valence-electron chi connectivity index (χ1n) is 6.57. The van der Waals surface area contributed by atoms with Gasteiger partial charge >= 0.3 is 0 Å². The Labute approximate surface area is 91.5 Å². The maximum atomic E-state index is 11.6. The molecule has 1 aliphatic heterocycles. The van der Waals surface area contributed by atoms with Crippen LogP contribution in [0.1, 0.15) is 12.8 Å². The molecule has 10 unspecified atom stereocenters. The summed E-state index contributed by atoms with van der Waals surface area (Å²) < 4.78 is 6.25. The third-order valence-corrected chi connectivity index (χ3v) is 8.18. The molecular formula is C12H11NO3. The SMILES string of the molecule is O=[N+]([O-])C12C3C4C1C1CC4C45OC14C2CC35. The second-order valence-electron chi connectivity index (χ2n) is 7.31. The Balaban J connectivity index is 1.72. The van der Waals surface area contributed by atoms with E-state index in [1.54, 1.807) is 0 Å². The molecule has 16 heavy (non-hydrogen) atoms. The van der Waals surface area contributed by atoms with Gasteiger partial charge in [-0.3, -0.25) is 10.1 Å². The highest BCUT2D eigenvalue weighted by atomic mass is 16.7. The molecule has 8 aliphatic rings. The van der Waals surface area contributed by atoms with Crippen LogP contribution in [0.4, 0.5) is 0 Å². The van der Waals surface area contributed by atoms with Crippen molar-refractivity contribution in [2.75, 3.05) is 0 Å². The van der Waals surface area contributed by atoms with Gasteiger partial charge in [-0.05, 0) is 24.7 Å². The van der Waals surface area contributed by atoms with Crippen molar-refractivity contribution in [2.24, 2.45) is 41.4 Å².